The Kier molecular flexibility index (Phi) is 6.24. The minimum atomic E-state index is -3.74. The largest absolute Gasteiger partial charge is 0.352 e. The molecule has 0 saturated heterocycles. The summed E-state index contributed by atoms with van der Waals surface area (Å²) in [5.41, 5.74) is 1.71. The number of rotatable bonds is 8. The summed E-state index contributed by atoms with van der Waals surface area (Å²) >= 11 is 0. The van der Waals surface area contributed by atoms with Gasteiger partial charge in [0.05, 0.1) is 29.5 Å². The van der Waals surface area contributed by atoms with E-state index in [9.17, 15) is 30.8 Å². The van der Waals surface area contributed by atoms with Crippen molar-refractivity contribution >= 4 is 50.0 Å². The molecular formula is C23H22F4N8O3S. The number of nitrogens with one attached hydrogen (secondary N) is 3. The molecule has 0 spiro atoms. The summed E-state index contributed by atoms with van der Waals surface area (Å²) in [4.78, 5) is 22.6. The first-order chi connectivity index (χ1) is 18.2. The van der Waals surface area contributed by atoms with Crippen LogP contribution in [0, 0.1) is 5.92 Å². The molecule has 0 aliphatic heterocycles. The lowest BCUT2D eigenvalue weighted by molar-refractivity contribution is -0.119. The Morgan fingerprint density at radius 3 is 2.51 bits per heavy atom. The third-order valence-electron chi connectivity index (χ3n) is 6.21. The number of carbonyl (C=O) groups excluding carboxylic acids is 1. The van der Waals surface area contributed by atoms with Gasteiger partial charge in [0.2, 0.25) is 15.9 Å². The van der Waals surface area contributed by atoms with E-state index < -0.39 is 46.4 Å². The van der Waals surface area contributed by atoms with Crippen LogP contribution in [0.5, 0.6) is 0 Å². The third-order valence-corrected chi connectivity index (χ3v) is 7.41. The molecule has 5 rings (SSSR count). The third kappa shape index (κ3) is 5.23. The SMILES string of the molecule is CN(c1cc(-c2cnn(C)c2)ccc1Nc1cc(NC(=O)[C@@H]2CC2(F)F)nc2[nH]c(C(F)F)nc12)S(C)(=O)=O. The van der Waals surface area contributed by atoms with Crippen molar-refractivity contribution in [1.82, 2.24) is 24.7 Å². The van der Waals surface area contributed by atoms with Crippen LogP contribution in [0.3, 0.4) is 0 Å². The summed E-state index contributed by atoms with van der Waals surface area (Å²) in [6.07, 6.45) is 0.791. The Labute approximate surface area is 219 Å². The van der Waals surface area contributed by atoms with Crippen LogP contribution in [0.4, 0.5) is 40.4 Å². The topological polar surface area (TPSA) is 138 Å². The van der Waals surface area contributed by atoms with Crippen molar-refractivity contribution in [1.29, 1.82) is 0 Å². The number of aryl methyl sites for hydroxylation is 1. The van der Waals surface area contributed by atoms with Gasteiger partial charge in [-0.3, -0.25) is 13.8 Å². The van der Waals surface area contributed by atoms with E-state index in [1.165, 1.54) is 13.1 Å². The van der Waals surface area contributed by atoms with Crippen molar-refractivity contribution < 1.29 is 30.8 Å². The Morgan fingerprint density at radius 1 is 1.21 bits per heavy atom. The minimum Gasteiger partial charge on any atom is -0.352 e. The molecule has 1 saturated carbocycles. The fourth-order valence-corrected chi connectivity index (χ4v) is 4.46. The maximum Gasteiger partial charge on any atom is 0.295 e. The molecule has 0 unspecified atom stereocenters. The second-order valence-corrected chi connectivity index (χ2v) is 11.2. The predicted octanol–water partition coefficient (Wildman–Crippen LogP) is 4.03. The molecule has 1 aliphatic rings. The molecular weight excluding hydrogens is 544 g/mol. The van der Waals surface area contributed by atoms with Gasteiger partial charge in [0, 0.05) is 38.3 Å². The van der Waals surface area contributed by atoms with Crippen LogP contribution >= 0.6 is 0 Å². The van der Waals surface area contributed by atoms with Crippen LogP contribution in [-0.2, 0) is 21.9 Å². The summed E-state index contributed by atoms with van der Waals surface area (Å²) in [5, 5.41) is 9.40. The summed E-state index contributed by atoms with van der Waals surface area (Å²) in [6, 6.07) is 6.13. The number of nitrogens with zero attached hydrogens (tertiary/aromatic N) is 5. The molecule has 1 fully saturated rings. The van der Waals surface area contributed by atoms with Gasteiger partial charge in [0.15, 0.2) is 11.5 Å². The molecule has 3 N–H and O–H groups in total. The number of halogens is 4. The first-order valence-electron chi connectivity index (χ1n) is 11.4. The van der Waals surface area contributed by atoms with Crippen molar-refractivity contribution in [3.05, 3.63) is 42.5 Å². The van der Waals surface area contributed by atoms with Gasteiger partial charge < -0.3 is 15.6 Å². The van der Waals surface area contributed by atoms with E-state index in [-0.39, 0.29) is 34.0 Å². The fraction of sp³-hybridized carbons (Fsp3) is 0.304. The van der Waals surface area contributed by atoms with E-state index in [0.717, 1.165) is 10.6 Å². The maximum absolute atomic E-state index is 13.4. The van der Waals surface area contributed by atoms with Crippen LogP contribution in [0.2, 0.25) is 0 Å². The van der Waals surface area contributed by atoms with Gasteiger partial charge in [-0.05, 0) is 17.7 Å². The average molecular weight is 567 g/mol. The summed E-state index contributed by atoms with van der Waals surface area (Å²) in [5.74, 6) is -6.48. The van der Waals surface area contributed by atoms with Crippen LogP contribution < -0.4 is 14.9 Å². The predicted molar refractivity (Wildman–Crippen MR) is 136 cm³/mol. The van der Waals surface area contributed by atoms with Crippen LogP contribution in [0.1, 0.15) is 18.7 Å². The molecule has 206 valence electrons. The Morgan fingerprint density at radius 2 is 1.92 bits per heavy atom. The Bertz CT molecular complexity index is 1700. The summed E-state index contributed by atoms with van der Waals surface area (Å²) in [6.45, 7) is 0. The molecule has 1 amide bonds. The molecule has 39 heavy (non-hydrogen) atoms. The lowest BCUT2D eigenvalue weighted by atomic mass is 10.1. The van der Waals surface area contributed by atoms with Crippen molar-refractivity contribution in [2.24, 2.45) is 13.0 Å². The van der Waals surface area contributed by atoms with E-state index in [2.05, 4.69) is 30.7 Å². The number of sulfonamides is 1. The number of amides is 1. The average Bonchev–Trinajstić information content (AvgIpc) is 3.16. The molecule has 1 atom stereocenters. The van der Waals surface area contributed by atoms with Gasteiger partial charge in [0.25, 0.3) is 12.3 Å². The van der Waals surface area contributed by atoms with E-state index in [4.69, 9.17) is 0 Å². The molecule has 0 bridgehead atoms. The molecule has 16 heteroatoms. The number of pyridine rings is 1. The van der Waals surface area contributed by atoms with E-state index in [1.54, 1.807) is 42.3 Å². The highest BCUT2D eigenvalue weighted by Gasteiger charge is 2.61. The van der Waals surface area contributed by atoms with Gasteiger partial charge in [0.1, 0.15) is 17.3 Å². The smallest absolute Gasteiger partial charge is 0.295 e. The van der Waals surface area contributed by atoms with Crippen molar-refractivity contribution in [3.63, 3.8) is 0 Å². The van der Waals surface area contributed by atoms with Crippen molar-refractivity contribution in [3.8, 4) is 11.1 Å². The van der Waals surface area contributed by atoms with E-state index in [0.29, 0.717) is 11.1 Å². The summed E-state index contributed by atoms with van der Waals surface area (Å²) in [7, 11) is -0.665. The zero-order valence-corrected chi connectivity index (χ0v) is 21.5. The Hall–Kier alpha value is -4.21. The van der Waals surface area contributed by atoms with Crippen molar-refractivity contribution in [2.75, 3.05) is 28.2 Å². The standard InChI is InChI=1S/C23H22F4N8O3S/c1-34-10-12(9-28-34)11-4-5-14(16(6-11)35(2)39(3,37)38)29-15-7-17(31-22(36)13-8-23(13,26)27)30-20-18(15)32-21(33-20)19(24)25/h4-7,9-10,13,19H,8H2,1-3H3,(H3,29,30,31,32,33,36)/t13-/m0/s1. The number of carbonyl (C=O) groups is 1. The van der Waals surface area contributed by atoms with Gasteiger partial charge in [-0.2, -0.15) is 5.10 Å². The van der Waals surface area contributed by atoms with Gasteiger partial charge in [-0.25, -0.2) is 35.9 Å². The molecule has 4 aromatic rings. The number of alkyl halides is 4. The number of imidazole rings is 1. The van der Waals surface area contributed by atoms with E-state index >= 15 is 0 Å². The lowest BCUT2D eigenvalue weighted by Gasteiger charge is -2.22. The lowest BCUT2D eigenvalue weighted by Crippen LogP contribution is -2.25. The highest BCUT2D eigenvalue weighted by molar-refractivity contribution is 7.92. The van der Waals surface area contributed by atoms with Gasteiger partial charge >= 0.3 is 0 Å². The number of hydrogen-bond donors (Lipinski definition) is 3. The highest BCUT2D eigenvalue weighted by Crippen LogP contribution is 2.49. The monoisotopic (exact) mass is 566 g/mol. The number of hydrogen-bond acceptors (Lipinski definition) is 7. The fourth-order valence-electron chi connectivity index (χ4n) is 3.95. The minimum absolute atomic E-state index is 0.0376. The number of aromatic amines is 1. The second-order valence-electron chi connectivity index (χ2n) is 9.17. The first-order valence-corrected chi connectivity index (χ1v) is 13.3. The second kappa shape index (κ2) is 9.21. The number of benzene rings is 1. The molecule has 1 aliphatic carbocycles. The van der Waals surface area contributed by atoms with Crippen molar-refractivity contribution in [2.45, 2.75) is 18.8 Å². The molecule has 1 aromatic carbocycles. The normalized spacial score (nSPS) is 16.5. The highest BCUT2D eigenvalue weighted by atomic mass is 32.2. The zero-order valence-electron chi connectivity index (χ0n) is 20.7. The zero-order chi connectivity index (χ0) is 28.3. The number of H-pyrrole nitrogens is 1. The quantitative estimate of drug-likeness (QED) is 0.274. The first kappa shape index (κ1) is 26.4. The van der Waals surface area contributed by atoms with Crippen LogP contribution in [-0.4, -0.2) is 58.3 Å². The number of anilines is 4. The molecule has 3 heterocycles. The number of fused-ring (bicyclic) bond motifs is 1. The molecule has 11 nitrogen and oxygen atoms in total. The Balaban J connectivity index is 1.59. The van der Waals surface area contributed by atoms with Gasteiger partial charge in [-0.1, -0.05) is 6.07 Å². The maximum atomic E-state index is 13.4. The van der Waals surface area contributed by atoms with Gasteiger partial charge in [-0.15, -0.1) is 0 Å². The van der Waals surface area contributed by atoms with Crippen LogP contribution in [0.15, 0.2) is 36.7 Å². The molecule has 3 aromatic heterocycles. The molecule has 0 radical (unpaired) electrons. The summed E-state index contributed by atoms with van der Waals surface area (Å²) < 4.78 is 81.1. The number of aromatic nitrogens is 5. The van der Waals surface area contributed by atoms with E-state index in [1.807, 2.05) is 0 Å². The van der Waals surface area contributed by atoms with Crippen LogP contribution in [0.25, 0.3) is 22.3 Å².